The van der Waals surface area contributed by atoms with Gasteiger partial charge >= 0.3 is 0 Å². The van der Waals surface area contributed by atoms with E-state index < -0.39 is 0 Å². The molecule has 0 atom stereocenters. The summed E-state index contributed by atoms with van der Waals surface area (Å²) in [6, 6.07) is 0. The molecule has 0 aromatic rings. The van der Waals surface area contributed by atoms with E-state index in [2.05, 4.69) is 10.6 Å². The molecule has 3 N–H and O–H groups in total. The van der Waals surface area contributed by atoms with Crippen LogP contribution in [0.4, 0.5) is 0 Å². The number of rotatable bonds is 10. The van der Waals surface area contributed by atoms with Crippen LogP contribution in [0.25, 0.3) is 0 Å². The molecule has 0 bridgehead atoms. The highest BCUT2D eigenvalue weighted by molar-refractivity contribution is 6.58. The Morgan fingerprint density at radius 2 is 2.00 bits per heavy atom. The van der Waals surface area contributed by atoms with Crippen LogP contribution in [0, 0.1) is 0 Å². The Labute approximate surface area is 92.5 Å². The Bertz CT molecular complexity index is 170. The van der Waals surface area contributed by atoms with Crippen LogP contribution in [0.15, 0.2) is 0 Å². The predicted molar refractivity (Wildman–Crippen MR) is 61.2 cm³/mol. The second-order valence-corrected chi connectivity index (χ2v) is 3.31. The molecule has 5 nitrogen and oxygen atoms in total. The Kier molecular flexibility index (Phi) is 9.92. The normalized spacial score (nSPS) is 10.3. The summed E-state index contributed by atoms with van der Waals surface area (Å²) in [5.74, 6) is 0. The molecule has 2 radical (unpaired) electrons. The van der Waals surface area contributed by atoms with Crippen LogP contribution >= 0.6 is 0 Å². The molecular formula is C8H18B2N2O3. The highest BCUT2D eigenvalue weighted by Crippen LogP contribution is 1.74. The summed E-state index contributed by atoms with van der Waals surface area (Å²) >= 11 is 0. The van der Waals surface area contributed by atoms with E-state index in [9.17, 15) is 4.79 Å². The van der Waals surface area contributed by atoms with Crippen LogP contribution < -0.4 is 10.6 Å². The summed E-state index contributed by atoms with van der Waals surface area (Å²) in [4.78, 5) is 10.3. The molecule has 0 aromatic heterocycles. The second-order valence-electron chi connectivity index (χ2n) is 3.31. The van der Waals surface area contributed by atoms with E-state index in [4.69, 9.17) is 17.6 Å². The number of hydrogen-bond acceptors (Lipinski definition) is 5. The Morgan fingerprint density at radius 1 is 1.40 bits per heavy atom. The van der Waals surface area contributed by atoms with Gasteiger partial charge in [-0.05, 0) is 0 Å². The van der Waals surface area contributed by atoms with Gasteiger partial charge in [0, 0.05) is 26.1 Å². The van der Waals surface area contributed by atoms with Gasteiger partial charge in [-0.3, -0.25) is 0 Å². The Morgan fingerprint density at radius 3 is 2.53 bits per heavy atom. The quantitative estimate of drug-likeness (QED) is 0.289. The zero-order chi connectivity index (χ0) is 11.5. The van der Waals surface area contributed by atoms with Gasteiger partial charge in [0.05, 0.1) is 18.9 Å². The molecule has 0 aromatic carbocycles. The minimum Gasteiger partial charge on any atom is -0.449 e. The summed E-state index contributed by atoms with van der Waals surface area (Å²) in [6.45, 7) is 4.03. The molecule has 0 aliphatic heterocycles. The maximum Gasteiger partial charge on any atom is 0.299 e. The van der Waals surface area contributed by atoms with Crippen LogP contribution in [0.3, 0.4) is 0 Å². The predicted octanol–water partition coefficient (Wildman–Crippen LogP) is -1.97. The molecule has 0 saturated carbocycles. The molecule has 84 valence electrons. The van der Waals surface area contributed by atoms with E-state index in [0.717, 1.165) is 0 Å². The number of carbonyl (C=O) groups excluding carboxylic acids is 1. The fraction of sp³-hybridized carbons (Fsp3) is 0.875. The van der Waals surface area contributed by atoms with Crippen molar-refractivity contribution in [3.8, 4) is 0 Å². The first-order valence-electron chi connectivity index (χ1n) is 5.08. The number of ether oxygens (including phenoxy) is 1. The topological polar surface area (TPSA) is 70.6 Å². The van der Waals surface area contributed by atoms with Crippen molar-refractivity contribution in [1.82, 2.24) is 10.6 Å². The lowest BCUT2D eigenvalue weighted by Crippen LogP contribution is -2.31. The third kappa shape index (κ3) is 13.6. The molecule has 0 saturated heterocycles. The second kappa shape index (κ2) is 10.2. The van der Waals surface area contributed by atoms with Crippen molar-refractivity contribution in [2.24, 2.45) is 0 Å². The smallest absolute Gasteiger partial charge is 0.299 e. The molecule has 0 aliphatic rings. The van der Waals surface area contributed by atoms with Gasteiger partial charge in [0.15, 0.2) is 7.85 Å². The third-order valence-corrected chi connectivity index (χ3v) is 1.59. The number of hydrogen-bond donors (Lipinski definition) is 3. The standard InChI is InChI=1S/C8H18B2N2O3/c1-10(14)7-12-3-5-15-4-2-11-6-8(9)13/h11-12,14H,2-7H2,1H3. The van der Waals surface area contributed by atoms with Gasteiger partial charge in [0.1, 0.15) is 0 Å². The molecule has 0 aliphatic carbocycles. The highest BCUT2D eigenvalue weighted by Gasteiger charge is 1.99. The zero-order valence-electron chi connectivity index (χ0n) is 9.16. The molecule has 0 spiro atoms. The summed E-state index contributed by atoms with van der Waals surface area (Å²) < 4.78 is 5.24. The molecule has 15 heavy (non-hydrogen) atoms. The average Bonchev–Trinajstić information content (AvgIpc) is 2.14. The number of nitrogens with one attached hydrogen (secondary N) is 2. The maximum absolute atomic E-state index is 10.3. The van der Waals surface area contributed by atoms with Crippen molar-refractivity contribution in [1.29, 1.82) is 0 Å². The summed E-state index contributed by atoms with van der Waals surface area (Å²) in [5, 5.41) is 14.8. The van der Waals surface area contributed by atoms with E-state index in [1.165, 1.54) is 0 Å². The van der Waals surface area contributed by atoms with Gasteiger partial charge in [0.2, 0.25) is 0 Å². The van der Waals surface area contributed by atoms with Crippen molar-refractivity contribution < 1.29 is 14.6 Å². The molecular weight excluding hydrogens is 194 g/mol. The monoisotopic (exact) mass is 212 g/mol. The average molecular weight is 212 g/mol. The molecule has 0 rings (SSSR count). The molecule has 0 amide bonds. The van der Waals surface area contributed by atoms with Crippen molar-refractivity contribution in [2.45, 2.75) is 6.82 Å². The molecule has 0 heterocycles. The van der Waals surface area contributed by atoms with Gasteiger partial charge in [-0.15, -0.1) is 0 Å². The van der Waals surface area contributed by atoms with E-state index in [0.29, 0.717) is 32.7 Å². The van der Waals surface area contributed by atoms with Crippen molar-refractivity contribution >= 4 is 20.4 Å². The maximum atomic E-state index is 10.3. The fourth-order valence-electron chi connectivity index (χ4n) is 0.913. The first-order chi connectivity index (χ1) is 7.13. The molecule has 0 unspecified atom stereocenters. The van der Waals surface area contributed by atoms with Gasteiger partial charge in [-0.25, -0.2) is 0 Å². The minimum absolute atomic E-state index is 0.184. The SMILES string of the molecule is [B]C(=O)CNCCOCCNCB(C)O. The van der Waals surface area contributed by atoms with E-state index in [-0.39, 0.29) is 19.1 Å². The lowest BCUT2D eigenvalue weighted by molar-refractivity contribution is -0.111. The Hall–Kier alpha value is -0.360. The van der Waals surface area contributed by atoms with Gasteiger partial charge < -0.3 is 25.2 Å². The van der Waals surface area contributed by atoms with Crippen molar-refractivity contribution in [3.05, 3.63) is 0 Å². The van der Waals surface area contributed by atoms with Gasteiger partial charge in [-0.2, -0.15) is 0 Å². The van der Waals surface area contributed by atoms with Crippen molar-refractivity contribution in [2.75, 3.05) is 39.3 Å². The van der Waals surface area contributed by atoms with E-state index in [1.54, 1.807) is 6.82 Å². The lowest BCUT2D eigenvalue weighted by atomic mass is 9.72. The summed E-state index contributed by atoms with van der Waals surface area (Å²) in [6.07, 6.45) is 0.573. The van der Waals surface area contributed by atoms with Crippen LogP contribution in [-0.2, 0) is 9.53 Å². The van der Waals surface area contributed by atoms with Crippen LogP contribution in [-0.4, -0.2) is 64.8 Å². The van der Waals surface area contributed by atoms with E-state index in [1.807, 2.05) is 0 Å². The lowest BCUT2D eigenvalue weighted by Gasteiger charge is -2.06. The minimum atomic E-state index is -0.367. The third-order valence-electron chi connectivity index (χ3n) is 1.59. The highest BCUT2D eigenvalue weighted by atomic mass is 16.5. The first kappa shape index (κ1) is 14.6. The van der Waals surface area contributed by atoms with Gasteiger partial charge in [0.25, 0.3) is 6.92 Å². The first-order valence-corrected chi connectivity index (χ1v) is 5.08. The fourth-order valence-corrected chi connectivity index (χ4v) is 0.913. The van der Waals surface area contributed by atoms with E-state index >= 15 is 0 Å². The van der Waals surface area contributed by atoms with Crippen LogP contribution in [0.2, 0.25) is 6.82 Å². The zero-order valence-corrected chi connectivity index (χ0v) is 9.16. The van der Waals surface area contributed by atoms with Crippen LogP contribution in [0.1, 0.15) is 0 Å². The van der Waals surface area contributed by atoms with Crippen LogP contribution in [0.5, 0.6) is 0 Å². The largest absolute Gasteiger partial charge is 0.449 e. The summed E-state index contributed by atoms with van der Waals surface area (Å²) in [5.41, 5.74) is -0.367. The molecule has 0 fully saturated rings. The number of carbonyl (C=O) groups is 1. The van der Waals surface area contributed by atoms with Crippen molar-refractivity contribution in [3.63, 3.8) is 0 Å². The van der Waals surface area contributed by atoms with Gasteiger partial charge in [-0.1, -0.05) is 6.82 Å². The Balaban J connectivity index is 2.96. The molecule has 7 heteroatoms. The summed E-state index contributed by atoms with van der Waals surface area (Å²) in [7, 11) is 4.93.